The van der Waals surface area contributed by atoms with Crippen molar-refractivity contribution in [3.05, 3.63) is 114 Å². The van der Waals surface area contributed by atoms with E-state index in [1.165, 1.54) is 26.7 Å². The van der Waals surface area contributed by atoms with Crippen LogP contribution in [-0.4, -0.2) is 88.9 Å². The molecule has 4 heterocycles. The Bertz CT molecular complexity index is 2070. The van der Waals surface area contributed by atoms with Crippen molar-refractivity contribution >= 4 is 28.7 Å². The average molecular weight is 716 g/mol. The molecule has 7 rings (SSSR count). The van der Waals surface area contributed by atoms with Crippen molar-refractivity contribution in [1.29, 1.82) is 0 Å². The van der Waals surface area contributed by atoms with Crippen molar-refractivity contribution in [2.45, 2.75) is 44.6 Å². The molecular formula is C42H45N5O6. The molecule has 0 radical (unpaired) electrons. The van der Waals surface area contributed by atoms with Crippen LogP contribution in [0.3, 0.4) is 0 Å². The molecule has 0 aliphatic carbocycles. The predicted molar refractivity (Wildman–Crippen MR) is 201 cm³/mol. The molecule has 3 aromatic carbocycles. The summed E-state index contributed by atoms with van der Waals surface area (Å²) in [4.78, 5) is 53.5. The number of carbonyl (C=O) groups is 3. The summed E-state index contributed by atoms with van der Waals surface area (Å²) in [6, 6.07) is 27.4. The van der Waals surface area contributed by atoms with E-state index in [4.69, 9.17) is 19.2 Å². The van der Waals surface area contributed by atoms with Gasteiger partial charge in [0.25, 0.3) is 5.91 Å². The van der Waals surface area contributed by atoms with Crippen LogP contribution in [0.15, 0.2) is 91.1 Å². The number of likely N-dealkylation sites (tertiary alicyclic amines) is 2. The topological polar surface area (TPSA) is 116 Å². The molecule has 2 aliphatic heterocycles. The van der Waals surface area contributed by atoms with Crippen LogP contribution in [0.2, 0.25) is 0 Å². The van der Waals surface area contributed by atoms with Crippen molar-refractivity contribution in [3.63, 3.8) is 0 Å². The number of nitrogens with zero attached hydrogens (tertiary/aromatic N) is 5. The number of carbonyl (C=O) groups excluding carboxylic acids is 3. The molecule has 2 saturated heterocycles. The van der Waals surface area contributed by atoms with Crippen LogP contribution in [0.1, 0.15) is 64.8 Å². The standard InChI is InChI=1S/C42H45N5O6/c1-29(48)53-39-36(51-2)25-31(26-37(39)52-3)41(50)46-24-19-42(28-46,32-11-5-4-6-12-32)18-23-45-21-16-30(17-22-45)38(49)40-44-34-14-7-8-15-35(34)47(40)27-33-13-9-10-20-43-33/h4-15,20,25-26,30H,16-19,21-24,27-28H2,1-3H3. The molecule has 1 unspecified atom stereocenters. The average Bonchev–Trinajstić information content (AvgIpc) is 3.80. The summed E-state index contributed by atoms with van der Waals surface area (Å²) >= 11 is 0. The van der Waals surface area contributed by atoms with Crippen molar-refractivity contribution in [1.82, 2.24) is 24.3 Å². The van der Waals surface area contributed by atoms with E-state index < -0.39 is 5.97 Å². The second-order valence-corrected chi connectivity index (χ2v) is 14.0. The molecule has 0 N–H and O–H groups in total. The zero-order valence-electron chi connectivity index (χ0n) is 30.5. The number of amides is 1. The first-order valence-corrected chi connectivity index (χ1v) is 18.2. The number of benzene rings is 3. The fraction of sp³-hybridized carbons (Fsp3) is 0.357. The Morgan fingerprint density at radius 2 is 1.57 bits per heavy atom. The number of hydrogen-bond acceptors (Lipinski definition) is 9. The van der Waals surface area contributed by atoms with Gasteiger partial charge in [-0.2, -0.15) is 0 Å². The normalized spacial score (nSPS) is 17.9. The Morgan fingerprint density at radius 3 is 2.25 bits per heavy atom. The maximum absolute atomic E-state index is 14.1. The lowest BCUT2D eigenvalue weighted by molar-refractivity contribution is -0.132. The number of rotatable bonds is 12. The molecule has 1 amide bonds. The summed E-state index contributed by atoms with van der Waals surface area (Å²) in [5.41, 5.74) is 4.02. The van der Waals surface area contributed by atoms with Crippen LogP contribution in [-0.2, 0) is 16.8 Å². The highest BCUT2D eigenvalue weighted by molar-refractivity contribution is 5.98. The SMILES string of the molecule is COc1cc(C(=O)N2CCC(CCN3CCC(C(=O)c4nc5ccccc5n4Cc4ccccn4)CC3)(c3ccccc3)C2)cc(OC)c1OC(C)=O. The highest BCUT2D eigenvalue weighted by Crippen LogP contribution is 2.42. The summed E-state index contributed by atoms with van der Waals surface area (Å²) in [5, 5.41) is 0. The fourth-order valence-electron chi connectivity index (χ4n) is 7.90. The first-order valence-electron chi connectivity index (χ1n) is 18.2. The van der Waals surface area contributed by atoms with E-state index in [9.17, 15) is 14.4 Å². The lowest BCUT2D eigenvalue weighted by Crippen LogP contribution is -2.41. The van der Waals surface area contributed by atoms with Crippen LogP contribution in [0.25, 0.3) is 11.0 Å². The number of imidazole rings is 1. The summed E-state index contributed by atoms with van der Waals surface area (Å²) in [7, 11) is 2.93. The van der Waals surface area contributed by atoms with E-state index in [0.717, 1.165) is 62.0 Å². The van der Waals surface area contributed by atoms with E-state index in [0.29, 0.717) is 31.0 Å². The quantitative estimate of drug-likeness (QED) is 0.0847. The van der Waals surface area contributed by atoms with Crippen molar-refractivity contribution in [3.8, 4) is 17.2 Å². The molecule has 53 heavy (non-hydrogen) atoms. The number of esters is 1. The first kappa shape index (κ1) is 35.8. The second-order valence-electron chi connectivity index (χ2n) is 14.0. The Hall–Kier alpha value is -5.55. The van der Waals surface area contributed by atoms with Crippen molar-refractivity contribution < 1.29 is 28.6 Å². The van der Waals surface area contributed by atoms with Gasteiger partial charge in [-0.1, -0.05) is 48.5 Å². The number of methoxy groups -OCH3 is 2. The predicted octanol–water partition coefficient (Wildman–Crippen LogP) is 6.19. The van der Waals surface area contributed by atoms with Gasteiger partial charge in [-0.3, -0.25) is 19.4 Å². The number of pyridine rings is 1. The van der Waals surface area contributed by atoms with Crippen molar-refractivity contribution in [2.75, 3.05) is 46.9 Å². The van der Waals surface area contributed by atoms with E-state index in [1.54, 1.807) is 18.3 Å². The van der Waals surface area contributed by atoms with Crippen LogP contribution in [0.5, 0.6) is 17.2 Å². The molecule has 11 heteroatoms. The molecule has 2 fully saturated rings. The molecule has 2 aromatic heterocycles. The number of fused-ring (bicyclic) bond motifs is 1. The first-order chi connectivity index (χ1) is 25.8. The molecule has 274 valence electrons. The molecule has 5 aromatic rings. The van der Waals surface area contributed by atoms with Gasteiger partial charge >= 0.3 is 5.97 Å². The Balaban J connectivity index is 1.03. The monoisotopic (exact) mass is 715 g/mol. The second kappa shape index (κ2) is 15.6. The number of para-hydroxylation sites is 2. The van der Waals surface area contributed by atoms with Gasteiger partial charge < -0.3 is 28.6 Å². The van der Waals surface area contributed by atoms with Crippen LogP contribution >= 0.6 is 0 Å². The molecule has 0 saturated carbocycles. The van der Waals surface area contributed by atoms with Gasteiger partial charge in [0.2, 0.25) is 11.5 Å². The van der Waals surface area contributed by atoms with Crippen LogP contribution < -0.4 is 14.2 Å². The zero-order chi connectivity index (χ0) is 37.0. The largest absolute Gasteiger partial charge is 0.493 e. The maximum atomic E-state index is 14.1. The number of piperidine rings is 1. The number of Topliss-reactive ketones (excluding diaryl/α,β-unsaturated/α-hetero) is 1. The molecule has 1 atom stereocenters. The summed E-state index contributed by atoms with van der Waals surface area (Å²) in [6.45, 7) is 5.44. The van der Waals surface area contributed by atoms with Gasteiger partial charge in [0.1, 0.15) is 0 Å². The van der Waals surface area contributed by atoms with Crippen LogP contribution in [0, 0.1) is 5.92 Å². The summed E-state index contributed by atoms with van der Waals surface area (Å²) in [5.74, 6) is 0.500. The maximum Gasteiger partial charge on any atom is 0.308 e. The van der Waals surface area contributed by atoms with E-state index in [-0.39, 0.29) is 40.3 Å². The molecule has 0 spiro atoms. The van der Waals surface area contributed by atoms with Gasteiger partial charge in [0.05, 0.1) is 37.5 Å². The summed E-state index contributed by atoms with van der Waals surface area (Å²) in [6.07, 6.45) is 5.00. The molecule has 2 aliphatic rings. The minimum absolute atomic E-state index is 0.0941. The number of ketones is 1. The third-order valence-electron chi connectivity index (χ3n) is 10.8. The smallest absolute Gasteiger partial charge is 0.308 e. The third-order valence-corrected chi connectivity index (χ3v) is 10.8. The number of aromatic nitrogens is 3. The summed E-state index contributed by atoms with van der Waals surface area (Å²) < 4.78 is 18.3. The minimum Gasteiger partial charge on any atom is -0.493 e. The van der Waals surface area contributed by atoms with E-state index in [1.807, 2.05) is 58.0 Å². The fourth-order valence-corrected chi connectivity index (χ4v) is 7.90. The Morgan fingerprint density at radius 1 is 0.868 bits per heavy atom. The zero-order valence-corrected chi connectivity index (χ0v) is 30.5. The van der Waals surface area contributed by atoms with Gasteiger partial charge in [0.15, 0.2) is 17.3 Å². The van der Waals surface area contributed by atoms with Gasteiger partial charge in [-0.05, 0) is 87.3 Å². The lowest BCUT2D eigenvalue weighted by atomic mass is 9.76. The number of hydrogen-bond donors (Lipinski definition) is 0. The van der Waals surface area contributed by atoms with Gasteiger partial charge in [-0.25, -0.2) is 4.98 Å². The third kappa shape index (κ3) is 7.52. The highest BCUT2D eigenvalue weighted by Gasteiger charge is 2.42. The molecule has 0 bridgehead atoms. The van der Waals surface area contributed by atoms with E-state index >= 15 is 0 Å². The Labute approximate surface area is 309 Å². The molecular weight excluding hydrogens is 670 g/mol. The van der Waals surface area contributed by atoms with Gasteiger partial charge in [0, 0.05) is 43.1 Å². The van der Waals surface area contributed by atoms with E-state index in [2.05, 4.69) is 34.1 Å². The van der Waals surface area contributed by atoms with Crippen LogP contribution in [0.4, 0.5) is 0 Å². The number of ether oxygens (including phenoxy) is 3. The van der Waals surface area contributed by atoms with Gasteiger partial charge in [-0.15, -0.1) is 0 Å². The van der Waals surface area contributed by atoms with Crippen molar-refractivity contribution in [2.24, 2.45) is 5.92 Å². The Kier molecular flexibility index (Phi) is 10.5. The lowest BCUT2D eigenvalue weighted by Gasteiger charge is -2.36. The highest BCUT2D eigenvalue weighted by atomic mass is 16.6. The molecule has 11 nitrogen and oxygen atoms in total. The minimum atomic E-state index is -0.513.